The zero-order valence-electron chi connectivity index (χ0n) is 12.9. The number of esters is 1. The summed E-state index contributed by atoms with van der Waals surface area (Å²) in [5.74, 6) is 1.09. The second kappa shape index (κ2) is 9.20. The normalized spacial score (nSPS) is 21.3. The average molecular weight is 341 g/mol. The van der Waals surface area contributed by atoms with E-state index in [1.165, 1.54) is 23.1 Å². The van der Waals surface area contributed by atoms with Crippen LogP contribution < -0.4 is 5.32 Å². The van der Waals surface area contributed by atoms with Crippen molar-refractivity contribution in [1.82, 2.24) is 5.32 Å². The molecule has 1 saturated carbocycles. The molecule has 2 rings (SSSR count). The number of thioether (sulfide) groups is 1. The van der Waals surface area contributed by atoms with Crippen LogP contribution in [-0.2, 0) is 20.1 Å². The van der Waals surface area contributed by atoms with Crippen molar-refractivity contribution >= 4 is 35.0 Å². The maximum absolute atomic E-state index is 11.8. The molecule has 1 aliphatic carbocycles. The Morgan fingerprint density at radius 3 is 2.95 bits per heavy atom. The minimum absolute atomic E-state index is 0.165. The fraction of sp³-hybridized carbons (Fsp3) is 0.625. The van der Waals surface area contributed by atoms with Crippen molar-refractivity contribution in [1.29, 1.82) is 0 Å². The lowest BCUT2D eigenvalue weighted by Gasteiger charge is -2.29. The van der Waals surface area contributed by atoms with Gasteiger partial charge >= 0.3 is 5.97 Å². The molecule has 1 N–H and O–H groups in total. The van der Waals surface area contributed by atoms with Crippen LogP contribution in [0.5, 0.6) is 0 Å². The SMILES string of the molecule is C[C@@H]1CCCC[C@H]1NC(=O)COC(=O)CSCc1cccs1. The van der Waals surface area contributed by atoms with Gasteiger partial charge in [0, 0.05) is 16.7 Å². The molecular weight excluding hydrogens is 318 g/mol. The van der Waals surface area contributed by atoms with E-state index in [1.807, 2.05) is 17.5 Å². The zero-order valence-corrected chi connectivity index (χ0v) is 14.5. The minimum atomic E-state index is -0.326. The van der Waals surface area contributed by atoms with Gasteiger partial charge < -0.3 is 10.1 Å². The number of carbonyl (C=O) groups is 2. The topological polar surface area (TPSA) is 55.4 Å². The number of amides is 1. The molecule has 1 heterocycles. The third-order valence-electron chi connectivity index (χ3n) is 3.87. The Morgan fingerprint density at radius 2 is 2.23 bits per heavy atom. The summed E-state index contributed by atoms with van der Waals surface area (Å²) in [6.07, 6.45) is 4.58. The van der Waals surface area contributed by atoms with Gasteiger partial charge in [0.1, 0.15) is 0 Å². The standard InChI is InChI=1S/C16H23NO3S2/c1-12-5-2-3-7-14(12)17-15(18)9-20-16(19)11-21-10-13-6-4-8-22-13/h4,6,8,12,14H,2-3,5,7,9-11H2,1H3,(H,17,18)/t12-,14-/m1/s1. The van der Waals surface area contributed by atoms with Crippen LogP contribution in [0.4, 0.5) is 0 Å². The predicted molar refractivity (Wildman–Crippen MR) is 91.0 cm³/mol. The maximum Gasteiger partial charge on any atom is 0.316 e. The second-order valence-electron chi connectivity index (χ2n) is 5.67. The summed E-state index contributed by atoms with van der Waals surface area (Å²) in [6, 6.07) is 4.27. The highest BCUT2D eigenvalue weighted by Crippen LogP contribution is 2.23. The highest BCUT2D eigenvalue weighted by molar-refractivity contribution is 7.99. The van der Waals surface area contributed by atoms with Gasteiger partial charge in [-0.2, -0.15) is 0 Å². The lowest BCUT2D eigenvalue weighted by atomic mass is 9.86. The van der Waals surface area contributed by atoms with Crippen LogP contribution in [-0.4, -0.2) is 30.3 Å². The monoisotopic (exact) mass is 341 g/mol. The summed E-state index contributed by atoms with van der Waals surface area (Å²) in [6.45, 7) is 2.00. The molecule has 1 aromatic heterocycles. The van der Waals surface area contributed by atoms with Crippen LogP contribution >= 0.6 is 23.1 Å². The molecule has 0 spiro atoms. The van der Waals surface area contributed by atoms with Crippen LogP contribution in [0.2, 0.25) is 0 Å². The first-order chi connectivity index (χ1) is 10.6. The quantitative estimate of drug-likeness (QED) is 0.774. The summed E-state index contributed by atoms with van der Waals surface area (Å²) in [7, 11) is 0. The molecule has 6 heteroatoms. The van der Waals surface area contributed by atoms with Gasteiger partial charge in [0.15, 0.2) is 6.61 Å². The van der Waals surface area contributed by atoms with Gasteiger partial charge in [-0.15, -0.1) is 23.1 Å². The molecule has 0 unspecified atom stereocenters. The molecule has 0 saturated heterocycles. The summed E-state index contributed by atoms with van der Waals surface area (Å²) < 4.78 is 5.03. The van der Waals surface area contributed by atoms with Gasteiger partial charge in [-0.3, -0.25) is 9.59 Å². The Hall–Kier alpha value is -1.01. The van der Waals surface area contributed by atoms with Crippen LogP contribution in [0.25, 0.3) is 0 Å². The zero-order chi connectivity index (χ0) is 15.8. The summed E-state index contributed by atoms with van der Waals surface area (Å²) in [5, 5.41) is 5.00. The van der Waals surface area contributed by atoms with Crippen molar-refractivity contribution in [2.45, 2.75) is 44.4 Å². The molecule has 0 bridgehead atoms. The number of ether oxygens (including phenoxy) is 1. The van der Waals surface area contributed by atoms with Crippen LogP contribution in [0.3, 0.4) is 0 Å². The molecule has 2 atom stereocenters. The van der Waals surface area contributed by atoms with Gasteiger partial charge in [-0.05, 0) is 30.2 Å². The van der Waals surface area contributed by atoms with Gasteiger partial charge in [0.2, 0.25) is 0 Å². The van der Waals surface area contributed by atoms with Crippen molar-refractivity contribution in [3.63, 3.8) is 0 Å². The molecule has 1 fully saturated rings. The Morgan fingerprint density at radius 1 is 1.41 bits per heavy atom. The Labute approximate surface area is 140 Å². The van der Waals surface area contributed by atoms with Gasteiger partial charge in [-0.25, -0.2) is 0 Å². The number of nitrogens with one attached hydrogen (secondary N) is 1. The molecule has 1 amide bonds. The van der Waals surface area contributed by atoms with Crippen molar-refractivity contribution < 1.29 is 14.3 Å². The molecule has 0 aliphatic heterocycles. The van der Waals surface area contributed by atoms with Gasteiger partial charge in [0.25, 0.3) is 5.91 Å². The third-order valence-corrected chi connectivity index (χ3v) is 5.88. The second-order valence-corrected chi connectivity index (χ2v) is 7.69. The lowest BCUT2D eigenvalue weighted by Crippen LogP contribution is -2.43. The van der Waals surface area contributed by atoms with E-state index in [0.717, 1.165) is 25.0 Å². The Kier molecular flexibility index (Phi) is 7.25. The predicted octanol–water partition coefficient (Wildman–Crippen LogP) is 3.22. The largest absolute Gasteiger partial charge is 0.455 e. The number of carbonyl (C=O) groups excluding carboxylic acids is 2. The van der Waals surface area contributed by atoms with E-state index in [-0.39, 0.29) is 30.3 Å². The number of hydrogen-bond acceptors (Lipinski definition) is 5. The van der Waals surface area contributed by atoms with E-state index in [0.29, 0.717) is 5.92 Å². The Bertz CT molecular complexity index is 476. The fourth-order valence-corrected chi connectivity index (χ4v) is 4.26. The molecule has 1 aromatic rings. The van der Waals surface area contributed by atoms with Crippen molar-refractivity contribution in [2.24, 2.45) is 5.92 Å². The van der Waals surface area contributed by atoms with Crippen molar-refractivity contribution in [3.05, 3.63) is 22.4 Å². The molecule has 1 aliphatic rings. The van der Waals surface area contributed by atoms with Crippen LogP contribution in [0, 0.1) is 5.92 Å². The van der Waals surface area contributed by atoms with Crippen molar-refractivity contribution in [3.8, 4) is 0 Å². The molecule has 22 heavy (non-hydrogen) atoms. The lowest BCUT2D eigenvalue weighted by molar-refractivity contribution is -0.146. The summed E-state index contributed by atoms with van der Waals surface area (Å²) in [4.78, 5) is 24.7. The highest BCUT2D eigenvalue weighted by atomic mass is 32.2. The van der Waals surface area contributed by atoms with Crippen LogP contribution in [0.1, 0.15) is 37.5 Å². The van der Waals surface area contributed by atoms with Gasteiger partial charge in [-0.1, -0.05) is 25.8 Å². The molecule has 4 nitrogen and oxygen atoms in total. The van der Waals surface area contributed by atoms with E-state index in [4.69, 9.17) is 4.74 Å². The first-order valence-corrected chi connectivity index (χ1v) is 9.73. The maximum atomic E-state index is 11.8. The first kappa shape index (κ1) is 17.3. The fourth-order valence-electron chi connectivity index (χ4n) is 2.60. The van der Waals surface area contributed by atoms with E-state index in [9.17, 15) is 9.59 Å². The van der Waals surface area contributed by atoms with E-state index in [2.05, 4.69) is 12.2 Å². The number of hydrogen-bond donors (Lipinski definition) is 1. The van der Waals surface area contributed by atoms with Crippen molar-refractivity contribution in [2.75, 3.05) is 12.4 Å². The highest BCUT2D eigenvalue weighted by Gasteiger charge is 2.23. The first-order valence-electron chi connectivity index (χ1n) is 7.70. The smallest absolute Gasteiger partial charge is 0.316 e. The average Bonchev–Trinajstić information content (AvgIpc) is 3.01. The van der Waals surface area contributed by atoms with E-state index in [1.54, 1.807) is 11.3 Å². The minimum Gasteiger partial charge on any atom is -0.455 e. The number of thiophene rings is 1. The van der Waals surface area contributed by atoms with Crippen LogP contribution in [0.15, 0.2) is 17.5 Å². The molecule has 0 radical (unpaired) electrons. The molecule has 0 aromatic carbocycles. The number of rotatable bonds is 7. The molecular formula is C16H23NO3S2. The summed E-state index contributed by atoms with van der Waals surface area (Å²) >= 11 is 3.19. The van der Waals surface area contributed by atoms with Gasteiger partial charge in [0.05, 0.1) is 5.75 Å². The summed E-state index contributed by atoms with van der Waals surface area (Å²) in [5.41, 5.74) is 0. The molecule has 122 valence electrons. The third kappa shape index (κ3) is 6.01. The van der Waals surface area contributed by atoms with E-state index >= 15 is 0 Å². The Balaban J connectivity index is 1.58. The van der Waals surface area contributed by atoms with E-state index < -0.39 is 0 Å².